The van der Waals surface area contributed by atoms with Crippen LogP contribution < -0.4 is 5.32 Å². The summed E-state index contributed by atoms with van der Waals surface area (Å²) >= 11 is 0. The quantitative estimate of drug-likeness (QED) is 0.368. The molecule has 0 aliphatic rings. The first-order valence-electron chi connectivity index (χ1n) is 10.2. The smallest absolute Gasteiger partial charge is 0.220 e. The van der Waals surface area contributed by atoms with Gasteiger partial charge in [0.1, 0.15) is 5.78 Å². The van der Waals surface area contributed by atoms with E-state index >= 15 is 0 Å². The molecule has 142 valence electrons. The third-order valence-electron chi connectivity index (χ3n) is 4.43. The molecule has 0 saturated heterocycles. The Hall–Kier alpha value is -0.860. The van der Waals surface area contributed by atoms with Crippen LogP contribution in [0.15, 0.2) is 0 Å². The first kappa shape index (κ1) is 23.1. The van der Waals surface area contributed by atoms with Gasteiger partial charge in [0.2, 0.25) is 5.91 Å². The summed E-state index contributed by atoms with van der Waals surface area (Å²) in [7, 11) is 0. The van der Waals surface area contributed by atoms with Crippen LogP contribution in [-0.2, 0) is 9.59 Å². The number of ketones is 1. The molecule has 0 saturated carbocycles. The molecule has 0 aromatic heterocycles. The Morgan fingerprint density at radius 2 is 1.08 bits per heavy atom. The molecule has 1 N–H and O–H groups in total. The van der Waals surface area contributed by atoms with Crippen molar-refractivity contribution >= 4 is 11.7 Å². The minimum Gasteiger partial charge on any atom is -0.356 e. The van der Waals surface area contributed by atoms with Gasteiger partial charge in [-0.1, -0.05) is 79.1 Å². The Morgan fingerprint density at radius 3 is 1.50 bits per heavy atom. The van der Waals surface area contributed by atoms with Crippen molar-refractivity contribution in [2.45, 2.75) is 105 Å². The van der Waals surface area contributed by atoms with Crippen molar-refractivity contribution < 1.29 is 9.59 Å². The van der Waals surface area contributed by atoms with Crippen LogP contribution in [0.25, 0.3) is 0 Å². The Balaban J connectivity index is 3.20. The van der Waals surface area contributed by atoms with E-state index in [0.717, 1.165) is 25.8 Å². The zero-order chi connectivity index (χ0) is 18.2. The summed E-state index contributed by atoms with van der Waals surface area (Å²) in [4.78, 5) is 23.0. The molecule has 3 nitrogen and oxygen atoms in total. The van der Waals surface area contributed by atoms with Crippen molar-refractivity contribution in [3.05, 3.63) is 0 Å². The summed E-state index contributed by atoms with van der Waals surface area (Å²) in [5.41, 5.74) is 0. The second-order valence-corrected chi connectivity index (χ2v) is 7.85. The number of nitrogens with one attached hydrogen (secondary N) is 1. The highest BCUT2D eigenvalue weighted by Gasteiger charge is 2.05. The van der Waals surface area contributed by atoms with Crippen LogP contribution >= 0.6 is 0 Å². The maximum absolute atomic E-state index is 11.6. The molecule has 0 heterocycles. The van der Waals surface area contributed by atoms with Gasteiger partial charge in [0.25, 0.3) is 0 Å². The zero-order valence-electron chi connectivity index (χ0n) is 16.7. The third-order valence-corrected chi connectivity index (χ3v) is 4.43. The van der Waals surface area contributed by atoms with E-state index in [0.29, 0.717) is 18.1 Å². The predicted molar refractivity (Wildman–Crippen MR) is 103 cm³/mol. The molecule has 0 radical (unpaired) electrons. The number of Topliss-reactive ketones (excluding diaryl/α,β-unsaturated/α-hetero) is 1. The summed E-state index contributed by atoms with van der Waals surface area (Å²) in [5.74, 6) is 1.35. The van der Waals surface area contributed by atoms with Crippen LogP contribution in [0.2, 0.25) is 0 Å². The lowest BCUT2D eigenvalue weighted by Gasteiger charge is -2.07. The van der Waals surface area contributed by atoms with E-state index in [1.54, 1.807) is 0 Å². The lowest BCUT2D eigenvalue weighted by molar-refractivity contribution is -0.122. The first-order chi connectivity index (χ1) is 11.4. The summed E-state index contributed by atoms with van der Waals surface area (Å²) < 4.78 is 0. The Morgan fingerprint density at radius 1 is 0.667 bits per heavy atom. The molecular formula is C21H41NO2. The monoisotopic (exact) mass is 339 g/mol. The predicted octanol–water partition coefficient (Wildman–Crippen LogP) is 5.66. The molecule has 0 aromatic carbocycles. The van der Waals surface area contributed by atoms with Crippen molar-refractivity contribution in [3.63, 3.8) is 0 Å². The summed E-state index contributed by atoms with van der Waals surface area (Å²) in [5, 5.41) is 2.97. The maximum atomic E-state index is 11.6. The van der Waals surface area contributed by atoms with Crippen LogP contribution in [-0.4, -0.2) is 18.2 Å². The molecule has 3 heteroatoms. The van der Waals surface area contributed by atoms with Crippen molar-refractivity contribution in [3.8, 4) is 0 Å². The molecule has 0 bridgehead atoms. The van der Waals surface area contributed by atoms with E-state index in [4.69, 9.17) is 0 Å². The van der Waals surface area contributed by atoms with Crippen molar-refractivity contribution in [1.82, 2.24) is 5.32 Å². The van der Waals surface area contributed by atoms with E-state index < -0.39 is 0 Å². The SMILES string of the molecule is CC(C)CNC(=O)CCCCCCCCCCCCC(=O)C(C)C. The van der Waals surface area contributed by atoms with Gasteiger partial charge in [-0.15, -0.1) is 0 Å². The second-order valence-electron chi connectivity index (χ2n) is 7.85. The van der Waals surface area contributed by atoms with Crippen LogP contribution in [0.5, 0.6) is 0 Å². The minimum absolute atomic E-state index is 0.200. The fourth-order valence-electron chi connectivity index (χ4n) is 2.69. The Labute approximate surface area is 150 Å². The van der Waals surface area contributed by atoms with Crippen LogP contribution in [0.4, 0.5) is 0 Å². The zero-order valence-corrected chi connectivity index (χ0v) is 16.7. The average Bonchev–Trinajstić information content (AvgIpc) is 2.53. The molecule has 0 unspecified atom stereocenters. The van der Waals surface area contributed by atoms with Crippen molar-refractivity contribution in [1.29, 1.82) is 0 Å². The fraction of sp³-hybridized carbons (Fsp3) is 0.905. The van der Waals surface area contributed by atoms with Crippen molar-refractivity contribution in [2.24, 2.45) is 11.8 Å². The van der Waals surface area contributed by atoms with E-state index in [1.165, 1.54) is 51.4 Å². The highest BCUT2D eigenvalue weighted by atomic mass is 16.1. The van der Waals surface area contributed by atoms with Gasteiger partial charge in [-0.3, -0.25) is 9.59 Å². The lowest BCUT2D eigenvalue weighted by atomic mass is 10.0. The lowest BCUT2D eigenvalue weighted by Crippen LogP contribution is -2.26. The second kappa shape index (κ2) is 15.7. The van der Waals surface area contributed by atoms with Gasteiger partial charge >= 0.3 is 0 Å². The van der Waals surface area contributed by atoms with E-state index in [2.05, 4.69) is 19.2 Å². The highest BCUT2D eigenvalue weighted by molar-refractivity contribution is 5.80. The fourth-order valence-corrected chi connectivity index (χ4v) is 2.69. The minimum atomic E-state index is 0.200. The molecule has 0 aliphatic carbocycles. The van der Waals surface area contributed by atoms with Gasteiger partial charge in [0.15, 0.2) is 0 Å². The van der Waals surface area contributed by atoms with Crippen LogP contribution in [0.1, 0.15) is 105 Å². The molecule has 24 heavy (non-hydrogen) atoms. The molecular weight excluding hydrogens is 298 g/mol. The largest absolute Gasteiger partial charge is 0.356 e. The molecule has 1 amide bonds. The van der Waals surface area contributed by atoms with Gasteiger partial charge in [0.05, 0.1) is 0 Å². The molecule has 0 rings (SSSR count). The number of carbonyl (C=O) groups excluding carboxylic acids is 2. The summed E-state index contributed by atoms with van der Waals surface area (Å²) in [6.45, 7) is 9.00. The third kappa shape index (κ3) is 16.0. The Kier molecular flexibility index (Phi) is 15.1. The van der Waals surface area contributed by atoms with Gasteiger partial charge in [0, 0.05) is 25.3 Å². The number of carbonyl (C=O) groups is 2. The number of hydrogen-bond acceptors (Lipinski definition) is 2. The van der Waals surface area contributed by atoms with Crippen LogP contribution in [0, 0.1) is 11.8 Å². The summed E-state index contributed by atoms with van der Waals surface area (Å²) in [6, 6.07) is 0. The molecule has 0 atom stereocenters. The van der Waals surface area contributed by atoms with E-state index in [9.17, 15) is 9.59 Å². The normalized spacial score (nSPS) is 11.2. The average molecular weight is 340 g/mol. The highest BCUT2D eigenvalue weighted by Crippen LogP contribution is 2.13. The maximum Gasteiger partial charge on any atom is 0.220 e. The van der Waals surface area contributed by atoms with Crippen molar-refractivity contribution in [2.75, 3.05) is 6.54 Å². The van der Waals surface area contributed by atoms with E-state index in [-0.39, 0.29) is 11.8 Å². The Bertz CT molecular complexity index is 324. The first-order valence-corrected chi connectivity index (χ1v) is 10.2. The van der Waals surface area contributed by atoms with Gasteiger partial charge < -0.3 is 5.32 Å². The molecule has 0 spiro atoms. The van der Waals surface area contributed by atoms with Gasteiger partial charge in [-0.25, -0.2) is 0 Å². The topological polar surface area (TPSA) is 46.2 Å². The molecule has 0 aliphatic heterocycles. The standard InChI is InChI=1S/C21H41NO2/c1-18(2)17-22-21(24)16-14-12-10-8-6-5-7-9-11-13-15-20(23)19(3)4/h18-19H,5-17H2,1-4H3,(H,22,24). The van der Waals surface area contributed by atoms with Gasteiger partial charge in [-0.05, 0) is 18.8 Å². The number of hydrogen-bond donors (Lipinski definition) is 1. The van der Waals surface area contributed by atoms with Gasteiger partial charge in [-0.2, -0.15) is 0 Å². The number of rotatable bonds is 16. The molecule has 0 aromatic rings. The van der Waals surface area contributed by atoms with Crippen LogP contribution in [0.3, 0.4) is 0 Å². The summed E-state index contributed by atoms with van der Waals surface area (Å²) in [6.07, 6.45) is 13.6. The molecule has 0 fully saturated rings. The number of amides is 1. The van der Waals surface area contributed by atoms with E-state index in [1.807, 2.05) is 13.8 Å². The number of unbranched alkanes of at least 4 members (excludes halogenated alkanes) is 9.